The summed E-state index contributed by atoms with van der Waals surface area (Å²) >= 11 is 1.21. The van der Waals surface area contributed by atoms with E-state index in [-0.39, 0.29) is 24.0 Å². The third-order valence-electron chi connectivity index (χ3n) is 5.23. The zero-order valence-corrected chi connectivity index (χ0v) is 17.5. The summed E-state index contributed by atoms with van der Waals surface area (Å²) in [5.41, 5.74) is 1.93. The number of carbonyl (C=O) groups excluding carboxylic acids is 1. The van der Waals surface area contributed by atoms with E-state index in [9.17, 15) is 14.9 Å². The van der Waals surface area contributed by atoms with Gasteiger partial charge in [0.05, 0.1) is 16.3 Å². The number of H-pyrrole nitrogens is 1. The minimum atomic E-state index is -0.265. The van der Waals surface area contributed by atoms with Gasteiger partial charge in [-0.15, -0.1) is 0 Å². The van der Waals surface area contributed by atoms with Crippen molar-refractivity contribution in [3.63, 3.8) is 0 Å². The molecule has 0 radical (unpaired) electrons. The number of pyridine rings is 1. The van der Waals surface area contributed by atoms with Crippen molar-refractivity contribution in [2.24, 2.45) is 0 Å². The molecule has 2 aromatic rings. The molecule has 0 atom stereocenters. The Balaban J connectivity index is 1.29. The number of carbonyl (C=O) groups is 1. The van der Waals surface area contributed by atoms with E-state index in [1.54, 1.807) is 6.92 Å². The number of piperazine rings is 1. The molecule has 156 valence electrons. The van der Waals surface area contributed by atoms with Gasteiger partial charge < -0.3 is 19.4 Å². The minimum Gasteiger partial charge on any atom is -0.454 e. The molecule has 0 saturated carbocycles. The van der Waals surface area contributed by atoms with E-state index in [0.29, 0.717) is 29.2 Å². The highest BCUT2D eigenvalue weighted by atomic mass is 32.2. The van der Waals surface area contributed by atoms with E-state index < -0.39 is 0 Å². The predicted octanol–water partition coefficient (Wildman–Crippen LogP) is 1.72. The summed E-state index contributed by atoms with van der Waals surface area (Å²) in [6.45, 7) is 5.66. The van der Waals surface area contributed by atoms with Crippen LogP contribution < -0.4 is 15.0 Å². The molecule has 0 aliphatic carbocycles. The molecule has 1 fully saturated rings. The van der Waals surface area contributed by atoms with Crippen LogP contribution in [0.25, 0.3) is 0 Å². The normalized spacial score (nSPS) is 15.8. The third-order valence-corrected chi connectivity index (χ3v) is 6.21. The summed E-state index contributed by atoms with van der Waals surface area (Å²) in [4.78, 5) is 31.1. The second kappa shape index (κ2) is 8.81. The molecule has 3 heterocycles. The lowest BCUT2D eigenvalue weighted by atomic mass is 10.1. The maximum absolute atomic E-state index is 12.6. The number of rotatable bonds is 5. The highest BCUT2D eigenvalue weighted by Crippen LogP contribution is 2.32. The number of benzene rings is 1. The summed E-state index contributed by atoms with van der Waals surface area (Å²) < 4.78 is 10.8. The van der Waals surface area contributed by atoms with Crippen molar-refractivity contribution in [2.75, 3.05) is 38.7 Å². The Morgan fingerprint density at radius 3 is 2.73 bits per heavy atom. The van der Waals surface area contributed by atoms with Crippen LogP contribution in [-0.2, 0) is 11.3 Å². The summed E-state index contributed by atoms with van der Waals surface area (Å²) in [5.74, 6) is 1.76. The molecule has 1 saturated heterocycles. The fraction of sp³-hybridized carbons (Fsp3) is 0.381. The van der Waals surface area contributed by atoms with Crippen molar-refractivity contribution in [2.45, 2.75) is 18.5 Å². The molecule has 1 aromatic heterocycles. The Hall–Kier alpha value is -2.96. The van der Waals surface area contributed by atoms with Gasteiger partial charge in [0.25, 0.3) is 0 Å². The molecular weight excluding hydrogens is 404 g/mol. The van der Waals surface area contributed by atoms with Crippen LogP contribution in [0.15, 0.2) is 34.1 Å². The average Bonchev–Trinajstić information content (AvgIpc) is 3.20. The van der Waals surface area contributed by atoms with Gasteiger partial charge in [0, 0.05) is 38.8 Å². The highest BCUT2D eigenvalue weighted by Gasteiger charge is 2.22. The number of hydrogen-bond donors (Lipinski definition) is 1. The van der Waals surface area contributed by atoms with Gasteiger partial charge in [0.2, 0.25) is 18.3 Å². The van der Waals surface area contributed by atoms with E-state index in [1.807, 2.05) is 23.1 Å². The van der Waals surface area contributed by atoms with Crippen molar-refractivity contribution in [3.05, 3.63) is 51.3 Å². The van der Waals surface area contributed by atoms with Gasteiger partial charge in [-0.25, -0.2) is 0 Å². The molecule has 8 nitrogen and oxygen atoms in total. The quantitative estimate of drug-likeness (QED) is 0.727. The van der Waals surface area contributed by atoms with Crippen LogP contribution in [0, 0.1) is 18.3 Å². The zero-order chi connectivity index (χ0) is 21.1. The molecule has 2 aliphatic heterocycles. The molecule has 1 amide bonds. The van der Waals surface area contributed by atoms with E-state index in [1.165, 1.54) is 17.8 Å². The van der Waals surface area contributed by atoms with Gasteiger partial charge in [-0.1, -0.05) is 17.8 Å². The number of aromatic nitrogens is 1. The monoisotopic (exact) mass is 426 g/mol. The van der Waals surface area contributed by atoms with Gasteiger partial charge in [-0.3, -0.25) is 14.5 Å². The Labute approximate surface area is 178 Å². The second-order valence-electron chi connectivity index (χ2n) is 7.27. The summed E-state index contributed by atoms with van der Waals surface area (Å²) in [5, 5.41) is 9.76. The third kappa shape index (κ3) is 4.45. The summed E-state index contributed by atoms with van der Waals surface area (Å²) in [6.07, 6.45) is 0. The van der Waals surface area contributed by atoms with Gasteiger partial charge in [-0.2, -0.15) is 5.26 Å². The fourth-order valence-electron chi connectivity index (χ4n) is 3.58. The largest absolute Gasteiger partial charge is 0.454 e. The number of nitrogens with one attached hydrogen (secondary N) is 1. The molecule has 30 heavy (non-hydrogen) atoms. The smallest absolute Gasteiger partial charge is 0.249 e. The van der Waals surface area contributed by atoms with E-state index in [2.05, 4.69) is 16.0 Å². The van der Waals surface area contributed by atoms with Crippen LogP contribution in [0.5, 0.6) is 11.5 Å². The number of aromatic amines is 1. The van der Waals surface area contributed by atoms with Gasteiger partial charge in [-0.05, 0) is 30.2 Å². The summed E-state index contributed by atoms with van der Waals surface area (Å²) in [7, 11) is 0. The second-order valence-corrected chi connectivity index (χ2v) is 8.25. The van der Waals surface area contributed by atoms with Crippen molar-refractivity contribution < 1.29 is 14.3 Å². The molecule has 4 rings (SSSR count). The molecule has 9 heteroatoms. The number of aryl methyl sites for hydroxylation is 1. The molecule has 2 aliphatic rings. The molecule has 0 spiro atoms. The topological polar surface area (TPSA) is 98.7 Å². The predicted molar refractivity (Wildman–Crippen MR) is 112 cm³/mol. The fourth-order valence-corrected chi connectivity index (χ4v) is 4.56. The first-order chi connectivity index (χ1) is 14.5. The van der Waals surface area contributed by atoms with Crippen LogP contribution in [0.4, 0.5) is 0 Å². The van der Waals surface area contributed by atoms with Crippen LogP contribution in [-0.4, -0.2) is 59.4 Å². The maximum atomic E-state index is 12.6. The molecule has 1 N–H and O–H groups in total. The standard InChI is InChI=1S/C21H22N4O4S/c1-14-8-19(26)23-21(16(14)10-22)30-12-20(27)25-6-4-24(5-7-25)11-15-2-3-17-18(9-15)29-13-28-17/h2-3,8-9H,4-7,11-13H2,1H3,(H,23,26). The Morgan fingerprint density at radius 1 is 1.20 bits per heavy atom. The molecular formula is C21H22N4O4S. The van der Waals surface area contributed by atoms with Crippen molar-refractivity contribution in [1.82, 2.24) is 14.8 Å². The number of thioether (sulfide) groups is 1. The SMILES string of the molecule is Cc1cc(=O)[nH]c(SCC(=O)N2CCN(Cc3ccc4c(c3)OCO4)CC2)c1C#N. The van der Waals surface area contributed by atoms with Crippen molar-refractivity contribution in [1.29, 1.82) is 5.26 Å². The summed E-state index contributed by atoms with van der Waals surface area (Å²) in [6, 6.07) is 9.47. The first kappa shape index (κ1) is 20.3. The lowest BCUT2D eigenvalue weighted by Gasteiger charge is -2.34. The minimum absolute atomic E-state index is 0.00831. The lowest BCUT2D eigenvalue weighted by Crippen LogP contribution is -2.48. The molecule has 0 unspecified atom stereocenters. The highest BCUT2D eigenvalue weighted by molar-refractivity contribution is 8.00. The Kier molecular flexibility index (Phi) is 5.97. The number of ether oxygens (including phenoxy) is 2. The van der Waals surface area contributed by atoms with E-state index in [4.69, 9.17) is 9.47 Å². The van der Waals surface area contributed by atoms with E-state index >= 15 is 0 Å². The van der Waals surface area contributed by atoms with E-state index in [0.717, 1.165) is 36.7 Å². The van der Waals surface area contributed by atoms with Gasteiger partial charge in [0.15, 0.2) is 11.5 Å². The molecule has 1 aromatic carbocycles. The first-order valence-corrected chi connectivity index (χ1v) is 10.7. The number of nitrogens with zero attached hydrogens (tertiary/aromatic N) is 3. The van der Waals surface area contributed by atoms with Crippen LogP contribution in [0.3, 0.4) is 0 Å². The van der Waals surface area contributed by atoms with Gasteiger partial charge >= 0.3 is 0 Å². The van der Waals surface area contributed by atoms with Crippen LogP contribution in [0.1, 0.15) is 16.7 Å². The van der Waals surface area contributed by atoms with Crippen LogP contribution in [0.2, 0.25) is 0 Å². The number of amides is 1. The van der Waals surface area contributed by atoms with Crippen molar-refractivity contribution in [3.8, 4) is 17.6 Å². The zero-order valence-electron chi connectivity index (χ0n) is 16.6. The van der Waals surface area contributed by atoms with Crippen LogP contribution >= 0.6 is 11.8 Å². The first-order valence-electron chi connectivity index (χ1n) is 9.69. The Bertz CT molecular complexity index is 1050. The van der Waals surface area contributed by atoms with Gasteiger partial charge in [0.1, 0.15) is 6.07 Å². The van der Waals surface area contributed by atoms with Crippen molar-refractivity contribution >= 4 is 17.7 Å². The average molecular weight is 426 g/mol. The Morgan fingerprint density at radius 2 is 1.97 bits per heavy atom. The lowest BCUT2D eigenvalue weighted by molar-refractivity contribution is -0.130. The maximum Gasteiger partial charge on any atom is 0.249 e. The number of hydrogen-bond acceptors (Lipinski definition) is 7. The number of nitriles is 1. The molecule has 0 bridgehead atoms. The number of fused-ring (bicyclic) bond motifs is 1.